The van der Waals surface area contributed by atoms with Crippen LogP contribution in [0.3, 0.4) is 0 Å². The van der Waals surface area contributed by atoms with Crippen molar-refractivity contribution >= 4 is 17.1 Å². The number of hydrogen-bond acceptors (Lipinski definition) is 4. The predicted octanol–water partition coefficient (Wildman–Crippen LogP) is 1.74. The zero-order chi connectivity index (χ0) is 10.7. The molecule has 1 aromatic heterocycles. The summed E-state index contributed by atoms with van der Waals surface area (Å²) in [5.41, 5.74) is 0. The summed E-state index contributed by atoms with van der Waals surface area (Å²) < 4.78 is 0. The summed E-state index contributed by atoms with van der Waals surface area (Å²) in [5.74, 6) is 0.774. The van der Waals surface area contributed by atoms with E-state index < -0.39 is 0 Å². The van der Waals surface area contributed by atoms with Crippen molar-refractivity contribution in [1.82, 2.24) is 10.3 Å². The topological polar surface area (TPSA) is 42.0 Å². The molecule has 1 saturated heterocycles. The van der Waals surface area contributed by atoms with Gasteiger partial charge in [-0.15, -0.1) is 11.3 Å². The maximum Gasteiger partial charge on any atom is 0.135 e. The zero-order valence-electron chi connectivity index (χ0n) is 8.95. The second kappa shape index (κ2) is 4.86. The molecule has 2 rings (SSSR count). The number of piperidine rings is 1. The minimum absolute atomic E-state index is 0.215. The van der Waals surface area contributed by atoms with Crippen LogP contribution in [0.15, 0.2) is 6.20 Å². The van der Waals surface area contributed by atoms with Crippen LogP contribution >= 0.6 is 11.3 Å². The van der Waals surface area contributed by atoms with E-state index in [9.17, 15) is 4.79 Å². The second-order valence-corrected chi connectivity index (χ2v) is 5.23. The van der Waals surface area contributed by atoms with Crippen molar-refractivity contribution in [1.29, 1.82) is 0 Å². The van der Waals surface area contributed by atoms with Crippen LogP contribution in [0.25, 0.3) is 0 Å². The van der Waals surface area contributed by atoms with Crippen LogP contribution in [0.2, 0.25) is 0 Å². The van der Waals surface area contributed by atoms with E-state index >= 15 is 0 Å². The molecule has 0 spiro atoms. The molecule has 0 saturated carbocycles. The van der Waals surface area contributed by atoms with Gasteiger partial charge in [-0.2, -0.15) is 0 Å². The van der Waals surface area contributed by atoms with Gasteiger partial charge in [-0.05, 0) is 26.3 Å². The molecule has 4 heteroatoms. The van der Waals surface area contributed by atoms with Gasteiger partial charge in [0.2, 0.25) is 0 Å². The van der Waals surface area contributed by atoms with Crippen LogP contribution in [-0.4, -0.2) is 23.9 Å². The van der Waals surface area contributed by atoms with Gasteiger partial charge in [-0.25, -0.2) is 4.98 Å². The molecular formula is C11H16N2OS. The number of nitrogens with zero attached hydrogens (tertiary/aromatic N) is 1. The lowest BCUT2D eigenvalue weighted by Gasteiger charge is -2.20. The average Bonchev–Trinajstić information content (AvgIpc) is 2.67. The van der Waals surface area contributed by atoms with E-state index in [2.05, 4.69) is 10.3 Å². The lowest BCUT2D eigenvalue weighted by molar-refractivity contribution is -0.116. The van der Waals surface area contributed by atoms with Crippen molar-refractivity contribution in [2.24, 2.45) is 0 Å². The number of aromatic nitrogens is 1. The molecule has 1 unspecified atom stereocenters. The number of nitrogens with one attached hydrogen (secondary N) is 1. The molecule has 0 radical (unpaired) electrons. The summed E-state index contributed by atoms with van der Waals surface area (Å²) in [6.45, 7) is 3.79. The number of hydrogen-bond donors (Lipinski definition) is 1. The molecule has 0 aliphatic carbocycles. The van der Waals surface area contributed by atoms with Gasteiger partial charge in [-0.1, -0.05) is 0 Å². The van der Waals surface area contributed by atoms with E-state index in [-0.39, 0.29) is 5.78 Å². The van der Waals surface area contributed by atoms with Crippen LogP contribution in [-0.2, 0) is 11.2 Å². The van der Waals surface area contributed by atoms with E-state index in [4.69, 9.17) is 0 Å². The third kappa shape index (κ3) is 2.86. The number of carbonyl (C=O) groups is 1. The van der Waals surface area contributed by atoms with Gasteiger partial charge in [0, 0.05) is 30.0 Å². The molecule has 0 bridgehead atoms. The third-order valence-corrected chi connectivity index (χ3v) is 3.80. The van der Waals surface area contributed by atoms with E-state index in [1.807, 2.05) is 6.20 Å². The Hall–Kier alpha value is -0.740. The maximum absolute atomic E-state index is 11.0. The van der Waals surface area contributed by atoms with Crippen LogP contribution in [0.1, 0.15) is 35.6 Å². The maximum atomic E-state index is 11.0. The Morgan fingerprint density at radius 1 is 1.73 bits per heavy atom. The molecule has 82 valence electrons. The Morgan fingerprint density at radius 3 is 3.27 bits per heavy atom. The quantitative estimate of drug-likeness (QED) is 0.850. The molecule has 1 N–H and O–H groups in total. The van der Waals surface area contributed by atoms with Crippen molar-refractivity contribution in [3.63, 3.8) is 0 Å². The first kappa shape index (κ1) is 10.8. The highest BCUT2D eigenvalue weighted by atomic mass is 32.1. The van der Waals surface area contributed by atoms with Crippen molar-refractivity contribution in [3.8, 4) is 0 Å². The SMILES string of the molecule is CC(=O)Cc1cnc(C2CCCNC2)s1. The highest BCUT2D eigenvalue weighted by Gasteiger charge is 2.18. The summed E-state index contributed by atoms with van der Waals surface area (Å²) in [5, 5.41) is 4.58. The smallest absolute Gasteiger partial charge is 0.135 e. The fraction of sp³-hybridized carbons (Fsp3) is 0.636. The summed E-state index contributed by atoms with van der Waals surface area (Å²) in [7, 11) is 0. The second-order valence-electron chi connectivity index (χ2n) is 4.09. The Kier molecular flexibility index (Phi) is 3.49. The third-order valence-electron chi connectivity index (χ3n) is 2.64. The molecule has 3 nitrogen and oxygen atoms in total. The van der Waals surface area contributed by atoms with E-state index in [0.29, 0.717) is 12.3 Å². The fourth-order valence-corrected chi connectivity index (χ4v) is 3.02. The highest BCUT2D eigenvalue weighted by Crippen LogP contribution is 2.27. The van der Waals surface area contributed by atoms with Gasteiger partial charge >= 0.3 is 0 Å². The van der Waals surface area contributed by atoms with Crippen LogP contribution < -0.4 is 5.32 Å². The van der Waals surface area contributed by atoms with Gasteiger partial charge < -0.3 is 5.32 Å². The number of Topliss-reactive ketones (excluding diaryl/α,β-unsaturated/α-hetero) is 1. The van der Waals surface area contributed by atoms with E-state index in [0.717, 1.165) is 18.0 Å². The molecule has 1 atom stereocenters. The summed E-state index contributed by atoms with van der Waals surface area (Å²) in [6.07, 6.45) is 4.85. The predicted molar refractivity (Wildman–Crippen MR) is 61.3 cm³/mol. The van der Waals surface area contributed by atoms with Gasteiger partial charge in [0.1, 0.15) is 5.78 Å². The molecule has 0 amide bonds. The minimum atomic E-state index is 0.215. The largest absolute Gasteiger partial charge is 0.316 e. The molecule has 2 heterocycles. The van der Waals surface area contributed by atoms with Crippen molar-refractivity contribution in [3.05, 3.63) is 16.1 Å². The molecule has 1 aromatic rings. The normalized spacial score (nSPS) is 21.5. The highest BCUT2D eigenvalue weighted by molar-refractivity contribution is 7.11. The number of thiazole rings is 1. The van der Waals surface area contributed by atoms with Crippen LogP contribution in [0.5, 0.6) is 0 Å². The van der Waals surface area contributed by atoms with Crippen LogP contribution in [0.4, 0.5) is 0 Å². The van der Waals surface area contributed by atoms with Crippen molar-refractivity contribution in [2.45, 2.75) is 32.1 Å². The minimum Gasteiger partial charge on any atom is -0.316 e. The fourth-order valence-electron chi connectivity index (χ4n) is 1.90. The van der Waals surface area contributed by atoms with Crippen LogP contribution in [0, 0.1) is 0 Å². The summed E-state index contributed by atoms with van der Waals surface area (Å²) >= 11 is 1.70. The summed E-state index contributed by atoms with van der Waals surface area (Å²) in [4.78, 5) is 16.5. The standard InChI is InChI=1S/C11H16N2OS/c1-8(14)5-10-7-13-11(15-10)9-3-2-4-12-6-9/h7,9,12H,2-6H2,1H3. The lowest BCUT2D eigenvalue weighted by atomic mass is 10.0. The van der Waals surface area contributed by atoms with E-state index in [1.54, 1.807) is 18.3 Å². The molecule has 1 aliphatic heterocycles. The molecule has 15 heavy (non-hydrogen) atoms. The first-order chi connectivity index (χ1) is 7.25. The van der Waals surface area contributed by atoms with Gasteiger partial charge in [-0.3, -0.25) is 4.79 Å². The van der Waals surface area contributed by atoms with Gasteiger partial charge in [0.15, 0.2) is 0 Å². The molecule has 1 aliphatic rings. The monoisotopic (exact) mass is 224 g/mol. The van der Waals surface area contributed by atoms with Crippen molar-refractivity contribution < 1.29 is 4.79 Å². The Bertz CT molecular complexity index is 342. The Labute approximate surface area is 93.9 Å². The molecule has 1 fully saturated rings. The van der Waals surface area contributed by atoms with Gasteiger partial charge in [0.25, 0.3) is 0 Å². The average molecular weight is 224 g/mol. The Morgan fingerprint density at radius 2 is 2.60 bits per heavy atom. The Balaban J connectivity index is 2.02. The first-order valence-electron chi connectivity index (χ1n) is 5.40. The van der Waals surface area contributed by atoms with Crippen molar-refractivity contribution in [2.75, 3.05) is 13.1 Å². The molecule has 0 aromatic carbocycles. The summed E-state index contributed by atoms with van der Waals surface area (Å²) in [6, 6.07) is 0. The number of ketones is 1. The number of carbonyl (C=O) groups excluding carboxylic acids is 1. The zero-order valence-corrected chi connectivity index (χ0v) is 9.77. The molecular weight excluding hydrogens is 208 g/mol. The number of rotatable bonds is 3. The van der Waals surface area contributed by atoms with E-state index in [1.165, 1.54) is 17.8 Å². The first-order valence-corrected chi connectivity index (χ1v) is 6.22. The van der Waals surface area contributed by atoms with Gasteiger partial charge in [0.05, 0.1) is 5.01 Å². The lowest BCUT2D eigenvalue weighted by Crippen LogP contribution is -2.28.